The van der Waals surface area contributed by atoms with Gasteiger partial charge in [-0.1, -0.05) is 146 Å². The van der Waals surface area contributed by atoms with Gasteiger partial charge in [-0.05, 0) is 105 Å². The second-order valence-electron chi connectivity index (χ2n) is 13.7. The highest BCUT2D eigenvalue weighted by Gasteiger charge is 2.36. The van der Waals surface area contributed by atoms with Gasteiger partial charge in [0.05, 0.1) is 11.0 Å². The van der Waals surface area contributed by atoms with E-state index in [4.69, 9.17) is 0 Å². The van der Waals surface area contributed by atoms with Gasteiger partial charge >= 0.3 is 0 Å². The van der Waals surface area contributed by atoms with Crippen molar-refractivity contribution in [2.75, 3.05) is 0 Å². The van der Waals surface area contributed by atoms with Crippen molar-refractivity contribution in [1.29, 1.82) is 0 Å². The minimum atomic E-state index is 0.152. The fourth-order valence-corrected chi connectivity index (χ4v) is 6.80. The second kappa shape index (κ2) is 13.9. The zero-order valence-corrected chi connectivity index (χ0v) is 29.5. The number of fused-ring (bicyclic) bond motifs is 5. The van der Waals surface area contributed by atoms with Gasteiger partial charge in [0, 0.05) is 21.9 Å². The zero-order chi connectivity index (χ0) is 33.8. The molecule has 0 N–H and O–H groups in total. The third-order valence-corrected chi connectivity index (χ3v) is 9.65. The van der Waals surface area contributed by atoms with Gasteiger partial charge in [-0.15, -0.1) is 0 Å². The van der Waals surface area contributed by atoms with Crippen molar-refractivity contribution in [2.45, 2.75) is 60.3 Å². The van der Waals surface area contributed by atoms with Crippen molar-refractivity contribution in [2.24, 2.45) is 0 Å². The Morgan fingerprint density at radius 3 is 2.04 bits per heavy atom. The maximum absolute atomic E-state index is 2.35. The lowest BCUT2D eigenvalue weighted by Crippen LogP contribution is -2.16. The number of para-hydroxylation sites is 2. The van der Waals surface area contributed by atoms with Gasteiger partial charge in [0.1, 0.15) is 0 Å². The summed E-state index contributed by atoms with van der Waals surface area (Å²) in [5, 5.41) is 2.59. The van der Waals surface area contributed by atoms with E-state index in [0.29, 0.717) is 0 Å². The fraction of sp³-hybridized carbons (Fsp3) is 0.191. The molecule has 0 saturated carbocycles. The van der Waals surface area contributed by atoms with E-state index < -0.39 is 0 Å². The smallest absolute Gasteiger partial charge is 0.0541 e. The number of rotatable bonds is 2. The summed E-state index contributed by atoms with van der Waals surface area (Å²) in [7, 11) is 0. The summed E-state index contributed by atoms with van der Waals surface area (Å²) < 4.78 is 2.35. The third-order valence-electron chi connectivity index (χ3n) is 9.65. The highest BCUT2D eigenvalue weighted by Crippen LogP contribution is 2.48. The van der Waals surface area contributed by atoms with E-state index in [1.807, 2.05) is 6.92 Å². The molecule has 0 unspecified atom stereocenters. The van der Waals surface area contributed by atoms with Crippen molar-refractivity contribution in [3.05, 3.63) is 179 Å². The highest BCUT2D eigenvalue weighted by atomic mass is 15.0. The lowest BCUT2D eigenvalue weighted by molar-refractivity contribution is 0.653. The highest BCUT2D eigenvalue weighted by molar-refractivity contribution is 6.10. The SMILES string of the molecule is CC=C(C)C.Cc1ccc(-c2ccc3c(c2)c2ccccc2n3-c2ccccc2)cc1.Cc1ccc2c(c1)C(C)(C)C1=C2CC=CC=C1. The molecule has 0 aliphatic heterocycles. The number of allylic oxidation sites excluding steroid dienone is 8. The fourth-order valence-electron chi connectivity index (χ4n) is 6.80. The molecular formula is C47H47N. The first-order valence-electron chi connectivity index (χ1n) is 17.1. The van der Waals surface area contributed by atoms with Gasteiger partial charge in [-0.25, -0.2) is 0 Å². The summed E-state index contributed by atoms with van der Waals surface area (Å²) >= 11 is 0. The molecule has 1 heteroatoms. The minimum absolute atomic E-state index is 0.152. The molecule has 8 rings (SSSR count). The molecule has 1 heterocycles. The number of nitrogens with zero attached hydrogens (tertiary/aromatic N) is 1. The predicted octanol–water partition coefficient (Wildman–Crippen LogP) is 13.3. The Bertz CT molecular complexity index is 2190. The molecule has 0 fully saturated rings. The molecule has 0 saturated heterocycles. The van der Waals surface area contributed by atoms with E-state index in [9.17, 15) is 0 Å². The largest absolute Gasteiger partial charge is 0.309 e. The first-order valence-corrected chi connectivity index (χ1v) is 17.1. The predicted molar refractivity (Wildman–Crippen MR) is 210 cm³/mol. The monoisotopic (exact) mass is 625 g/mol. The topological polar surface area (TPSA) is 4.93 Å². The van der Waals surface area contributed by atoms with E-state index in [1.165, 1.54) is 77.6 Å². The van der Waals surface area contributed by atoms with E-state index >= 15 is 0 Å². The van der Waals surface area contributed by atoms with Crippen molar-refractivity contribution in [1.82, 2.24) is 4.57 Å². The summed E-state index contributed by atoms with van der Waals surface area (Å²) in [6.07, 6.45) is 12.0. The van der Waals surface area contributed by atoms with Crippen LogP contribution < -0.4 is 0 Å². The first-order chi connectivity index (χ1) is 23.2. The molecule has 240 valence electrons. The van der Waals surface area contributed by atoms with Crippen LogP contribution in [0.15, 0.2) is 157 Å². The van der Waals surface area contributed by atoms with E-state index in [1.54, 1.807) is 0 Å². The van der Waals surface area contributed by atoms with Crippen LogP contribution in [0.3, 0.4) is 0 Å². The van der Waals surface area contributed by atoms with Crippen LogP contribution in [0.1, 0.15) is 63.3 Å². The van der Waals surface area contributed by atoms with Gasteiger partial charge in [0.15, 0.2) is 0 Å². The summed E-state index contributed by atoms with van der Waals surface area (Å²) in [5.74, 6) is 0. The molecule has 2 aliphatic carbocycles. The zero-order valence-electron chi connectivity index (χ0n) is 29.5. The van der Waals surface area contributed by atoms with E-state index in [2.05, 4.69) is 192 Å². The number of hydrogen-bond acceptors (Lipinski definition) is 0. The van der Waals surface area contributed by atoms with Gasteiger partial charge in [0.2, 0.25) is 0 Å². The molecule has 1 aromatic heterocycles. The van der Waals surface area contributed by atoms with Crippen molar-refractivity contribution in [3.63, 3.8) is 0 Å². The van der Waals surface area contributed by atoms with Crippen LogP contribution >= 0.6 is 0 Å². The van der Waals surface area contributed by atoms with Crippen molar-refractivity contribution >= 4 is 27.4 Å². The number of aryl methyl sites for hydroxylation is 2. The molecule has 5 aromatic carbocycles. The number of hydrogen-bond donors (Lipinski definition) is 0. The minimum Gasteiger partial charge on any atom is -0.309 e. The van der Waals surface area contributed by atoms with Crippen molar-refractivity contribution in [3.8, 4) is 16.8 Å². The summed E-state index contributed by atoms with van der Waals surface area (Å²) in [5.41, 5.74) is 16.3. The lowest BCUT2D eigenvalue weighted by Gasteiger charge is -2.23. The van der Waals surface area contributed by atoms with Crippen LogP contribution in [0.5, 0.6) is 0 Å². The average molecular weight is 626 g/mol. The Hall–Kier alpha value is -5.14. The normalized spacial score (nSPS) is 14.0. The third kappa shape index (κ3) is 6.51. The molecule has 0 amide bonds. The Morgan fingerprint density at radius 1 is 0.667 bits per heavy atom. The average Bonchev–Trinajstić information content (AvgIpc) is 3.36. The molecule has 0 radical (unpaired) electrons. The van der Waals surface area contributed by atoms with Crippen LogP contribution in [-0.4, -0.2) is 4.57 Å². The van der Waals surface area contributed by atoms with Crippen LogP contribution in [0, 0.1) is 13.8 Å². The Morgan fingerprint density at radius 2 is 1.31 bits per heavy atom. The van der Waals surface area contributed by atoms with Crippen LogP contribution in [0.4, 0.5) is 0 Å². The summed E-state index contributed by atoms with van der Waals surface area (Å²) in [6.45, 7) is 15.2. The molecule has 2 aliphatic rings. The molecule has 0 spiro atoms. The molecular weight excluding hydrogens is 579 g/mol. The van der Waals surface area contributed by atoms with Crippen LogP contribution in [0.25, 0.3) is 44.2 Å². The Labute approximate surface area is 287 Å². The second-order valence-corrected chi connectivity index (χ2v) is 13.7. The van der Waals surface area contributed by atoms with E-state index in [-0.39, 0.29) is 5.41 Å². The molecule has 48 heavy (non-hydrogen) atoms. The van der Waals surface area contributed by atoms with Gasteiger partial charge in [-0.3, -0.25) is 0 Å². The van der Waals surface area contributed by atoms with Gasteiger partial charge in [0.25, 0.3) is 0 Å². The Kier molecular flexibility index (Phi) is 9.51. The quantitative estimate of drug-likeness (QED) is 0.169. The standard InChI is InChI=1S/C25H19N.C17H18.C5H10/c1-18-11-13-19(14-12-18)20-15-16-25-23(17-20)22-9-5-6-10-24(22)26(25)21-7-3-2-4-8-21;1-12-9-10-14-13-7-5-4-6-8-15(13)17(2,3)16(14)11-12;1-4-5(2)3/h2-17H,1H3;4-6,8-11H,7H2,1-3H3;4H,1-3H3. The maximum atomic E-state index is 2.35. The van der Waals surface area contributed by atoms with Gasteiger partial charge in [-0.2, -0.15) is 0 Å². The summed E-state index contributed by atoms with van der Waals surface area (Å²) in [4.78, 5) is 0. The number of benzene rings is 5. The molecule has 0 bridgehead atoms. The van der Waals surface area contributed by atoms with E-state index in [0.717, 1.165) is 6.42 Å². The van der Waals surface area contributed by atoms with Crippen LogP contribution in [0.2, 0.25) is 0 Å². The molecule has 0 atom stereocenters. The van der Waals surface area contributed by atoms with Crippen LogP contribution in [-0.2, 0) is 5.41 Å². The lowest BCUT2D eigenvalue weighted by atomic mass is 9.80. The maximum Gasteiger partial charge on any atom is 0.0541 e. The first kappa shape index (κ1) is 32.8. The number of aromatic nitrogens is 1. The molecule has 1 nitrogen and oxygen atoms in total. The summed E-state index contributed by atoms with van der Waals surface area (Å²) in [6, 6.07) is 41.6. The van der Waals surface area contributed by atoms with Gasteiger partial charge < -0.3 is 4.57 Å². The molecule has 6 aromatic rings. The Balaban J connectivity index is 0.000000157. The van der Waals surface area contributed by atoms with Crippen molar-refractivity contribution < 1.29 is 0 Å².